The molecule has 0 saturated carbocycles. The van der Waals surface area contributed by atoms with E-state index in [-0.39, 0.29) is 0 Å². The van der Waals surface area contributed by atoms with Gasteiger partial charge in [-0.1, -0.05) is 36.4 Å². The van der Waals surface area contributed by atoms with Gasteiger partial charge in [-0.2, -0.15) is 0 Å². The molecule has 128 valence electrons. The number of aliphatic imine (C=N–C) groups is 1. The molecule has 1 fully saturated rings. The second kappa shape index (κ2) is 7.11. The summed E-state index contributed by atoms with van der Waals surface area (Å²) >= 11 is 1.68. The van der Waals surface area contributed by atoms with Crippen LogP contribution in [0.3, 0.4) is 0 Å². The monoisotopic (exact) mass is 351 g/mol. The predicted octanol–water partition coefficient (Wildman–Crippen LogP) is 2.93. The van der Waals surface area contributed by atoms with E-state index in [0.717, 1.165) is 31.3 Å². The number of hydrogen-bond donors (Lipinski definition) is 1. The van der Waals surface area contributed by atoms with E-state index >= 15 is 0 Å². The van der Waals surface area contributed by atoms with Crippen molar-refractivity contribution in [1.29, 1.82) is 0 Å². The van der Waals surface area contributed by atoms with Crippen LogP contribution in [0.25, 0.3) is 10.8 Å². The molecule has 3 aromatic rings. The maximum Gasteiger partial charge on any atom is 0.191 e. The van der Waals surface area contributed by atoms with Gasteiger partial charge in [0.05, 0.1) is 6.54 Å². The van der Waals surface area contributed by atoms with Crippen LogP contribution in [0.1, 0.15) is 5.56 Å². The number of benzene rings is 2. The van der Waals surface area contributed by atoms with Crippen LogP contribution in [0.15, 0.2) is 59.0 Å². The molecule has 1 saturated heterocycles. The van der Waals surface area contributed by atoms with Gasteiger partial charge in [-0.05, 0) is 22.4 Å². The van der Waals surface area contributed by atoms with Crippen molar-refractivity contribution in [1.82, 2.24) is 9.88 Å². The average Bonchev–Trinajstić information content (AvgIpc) is 3.21. The third-order valence-electron chi connectivity index (χ3n) is 4.53. The molecule has 1 aliphatic rings. The van der Waals surface area contributed by atoms with E-state index in [1.807, 2.05) is 11.6 Å². The van der Waals surface area contributed by atoms with Gasteiger partial charge in [-0.25, -0.2) is 9.98 Å². The highest BCUT2D eigenvalue weighted by atomic mass is 32.1. The molecule has 1 aliphatic heterocycles. The van der Waals surface area contributed by atoms with Gasteiger partial charge in [0.1, 0.15) is 0 Å². The molecule has 0 aliphatic carbocycles. The van der Waals surface area contributed by atoms with E-state index in [1.54, 1.807) is 11.3 Å². The molecule has 0 bridgehead atoms. The maximum atomic E-state index is 6.22. The lowest BCUT2D eigenvalue weighted by atomic mass is 10.1. The third-order valence-corrected chi connectivity index (χ3v) is 5.36. The number of guanidine groups is 1. The number of anilines is 1. The number of hydrogen-bond acceptors (Lipinski definition) is 4. The molecular formula is C19H21N5S. The molecular weight excluding hydrogens is 330 g/mol. The molecule has 0 spiro atoms. The molecule has 2 N–H and O–H groups in total. The average molecular weight is 351 g/mol. The molecule has 4 rings (SSSR count). The van der Waals surface area contributed by atoms with Crippen molar-refractivity contribution < 1.29 is 0 Å². The van der Waals surface area contributed by atoms with E-state index in [9.17, 15) is 0 Å². The van der Waals surface area contributed by atoms with Crippen LogP contribution in [-0.4, -0.2) is 42.0 Å². The molecule has 0 radical (unpaired) electrons. The van der Waals surface area contributed by atoms with Gasteiger partial charge in [0, 0.05) is 37.8 Å². The Morgan fingerprint density at radius 1 is 1.08 bits per heavy atom. The molecule has 0 amide bonds. The highest BCUT2D eigenvalue weighted by Crippen LogP contribution is 2.19. The SMILES string of the molecule is NC(=NCc1ccc2ccccc2c1)N1CCN(c2nccs2)CC1. The van der Waals surface area contributed by atoms with Gasteiger partial charge in [0.15, 0.2) is 11.1 Å². The minimum atomic E-state index is 0.614. The lowest BCUT2D eigenvalue weighted by molar-refractivity contribution is 0.380. The van der Waals surface area contributed by atoms with Crippen LogP contribution >= 0.6 is 11.3 Å². The first kappa shape index (κ1) is 15.9. The zero-order valence-corrected chi connectivity index (χ0v) is 14.8. The van der Waals surface area contributed by atoms with Gasteiger partial charge in [0.25, 0.3) is 0 Å². The minimum absolute atomic E-state index is 0.614. The Morgan fingerprint density at radius 2 is 1.88 bits per heavy atom. The Bertz CT molecular complexity index is 866. The highest BCUT2D eigenvalue weighted by Gasteiger charge is 2.19. The molecule has 2 heterocycles. The van der Waals surface area contributed by atoms with Crippen LogP contribution in [-0.2, 0) is 6.54 Å². The Labute approximate surface area is 151 Å². The normalized spacial score (nSPS) is 15.8. The zero-order valence-electron chi connectivity index (χ0n) is 14.0. The Kier molecular flexibility index (Phi) is 4.52. The molecule has 0 atom stereocenters. The number of fused-ring (bicyclic) bond motifs is 1. The van der Waals surface area contributed by atoms with Crippen molar-refractivity contribution in [3.05, 3.63) is 59.6 Å². The van der Waals surface area contributed by atoms with Crippen molar-refractivity contribution >= 4 is 33.2 Å². The Hall–Kier alpha value is -2.60. The molecule has 2 aromatic carbocycles. The molecule has 25 heavy (non-hydrogen) atoms. The molecule has 1 aromatic heterocycles. The van der Waals surface area contributed by atoms with Gasteiger partial charge in [-0.15, -0.1) is 11.3 Å². The van der Waals surface area contributed by atoms with Crippen molar-refractivity contribution in [2.24, 2.45) is 10.7 Å². The van der Waals surface area contributed by atoms with Gasteiger partial charge < -0.3 is 15.5 Å². The number of rotatable bonds is 3. The first-order valence-corrected chi connectivity index (χ1v) is 9.34. The van der Waals surface area contributed by atoms with Gasteiger partial charge in [0.2, 0.25) is 0 Å². The molecule has 5 nitrogen and oxygen atoms in total. The second-order valence-corrected chi connectivity index (χ2v) is 7.02. The van der Waals surface area contributed by atoms with Crippen molar-refractivity contribution in [3.8, 4) is 0 Å². The smallest absolute Gasteiger partial charge is 0.191 e. The topological polar surface area (TPSA) is 57.8 Å². The van der Waals surface area contributed by atoms with E-state index in [4.69, 9.17) is 5.73 Å². The lowest BCUT2D eigenvalue weighted by Gasteiger charge is -2.35. The van der Waals surface area contributed by atoms with Crippen LogP contribution in [0.5, 0.6) is 0 Å². The van der Waals surface area contributed by atoms with Crippen LogP contribution in [0.4, 0.5) is 5.13 Å². The lowest BCUT2D eigenvalue weighted by Crippen LogP contribution is -2.51. The number of nitrogens with two attached hydrogens (primary N) is 1. The summed E-state index contributed by atoms with van der Waals surface area (Å²) in [5.41, 5.74) is 7.40. The van der Waals surface area contributed by atoms with Gasteiger partial charge >= 0.3 is 0 Å². The Morgan fingerprint density at radius 3 is 2.64 bits per heavy atom. The summed E-state index contributed by atoms with van der Waals surface area (Å²) in [5, 5.41) is 5.60. The number of thiazole rings is 1. The van der Waals surface area contributed by atoms with E-state index in [0.29, 0.717) is 12.5 Å². The molecule has 0 unspecified atom stereocenters. The first-order chi connectivity index (χ1) is 12.3. The summed E-state index contributed by atoms with van der Waals surface area (Å²) in [6, 6.07) is 14.8. The second-order valence-electron chi connectivity index (χ2n) is 6.14. The summed E-state index contributed by atoms with van der Waals surface area (Å²) in [6.07, 6.45) is 1.85. The van der Waals surface area contributed by atoms with Crippen LogP contribution in [0, 0.1) is 0 Å². The summed E-state index contributed by atoms with van der Waals surface area (Å²) < 4.78 is 0. The largest absolute Gasteiger partial charge is 0.370 e. The Balaban J connectivity index is 1.38. The third kappa shape index (κ3) is 3.58. The number of aromatic nitrogens is 1. The summed E-state index contributed by atoms with van der Waals surface area (Å²) in [6.45, 7) is 4.24. The van der Waals surface area contributed by atoms with Crippen LogP contribution in [0.2, 0.25) is 0 Å². The standard InChI is InChI=1S/C19H21N5S/c20-18(23-8-10-24(11-9-23)19-21-7-12-25-19)22-14-15-5-6-16-3-1-2-4-17(16)13-15/h1-7,12-13H,8-11,14H2,(H2,20,22). The van der Waals surface area contributed by atoms with Crippen LogP contribution < -0.4 is 10.6 Å². The summed E-state index contributed by atoms with van der Waals surface area (Å²) in [4.78, 5) is 13.4. The van der Waals surface area contributed by atoms with E-state index in [1.165, 1.54) is 16.3 Å². The predicted molar refractivity (Wildman–Crippen MR) is 105 cm³/mol. The number of piperazine rings is 1. The quantitative estimate of drug-likeness (QED) is 0.582. The van der Waals surface area contributed by atoms with Crippen molar-refractivity contribution in [2.45, 2.75) is 6.54 Å². The fraction of sp³-hybridized carbons (Fsp3) is 0.263. The van der Waals surface area contributed by atoms with Gasteiger partial charge in [-0.3, -0.25) is 0 Å². The zero-order chi connectivity index (χ0) is 17.1. The molecule has 6 heteroatoms. The van der Waals surface area contributed by atoms with Crippen molar-refractivity contribution in [3.63, 3.8) is 0 Å². The fourth-order valence-corrected chi connectivity index (χ4v) is 3.81. The summed E-state index contributed by atoms with van der Waals surface area (Å²) in [7, 11) is 0. The van der Waals surface area contributed by atoms with E-state index < -0.39 is 0 Å². The minimum Gasteiger partial charge on any atom is -0.370 e. The number of nitrogens with zero attached hydrogens (tertiary/aromatic N) is 4. The highest BCUT2D eigenvalue weighted by molar-refractivity contribution is 7.13. The van der Waals surface area contributed by atoms with E-state index in [2.05, 4.69) is 62.2 Å². The first-order valence-electron chi connectivity index (χ1n) is 8.46. The maximum absolute atomic E-state index is 6.22. The summed E-state index contributed by atoms with van der Waals surface area (Å²) in [5.74, 6) is 0.631. The van der Waals surface area contributed by atoms with Crippen molar-refractivity contribution in [2.75, 3.05) is 31.1 Å². The fourth-order valence-electron chi connectivity index (χ4n) is 3.11.